The van der Waals surface area contributed by atoms with E-state index >= 15 is 0 Å². The number of ether oxygens (including phenoxy) is 1. The Labute approximate surface area is 151 Å². The monoisotopic (exact) mass is 367 g/mol. The topological polar surface area (TPSA) is 79.0 Å². The number of amides is 3. The predicted octanol–water partition coefficient (Wildman–Crippen LogP) is 1.17. The zero-order valence-corrected chi connectivity index (χ0v) is 15.3. The van der Waals surface area contributed by atoms with Crippen LogP contribution in [0.25, 0.3) is 0 Å². The second-order valence-corrected chi connectivity index (χ2v) is 6.35. The first-order chi connectivity index (χ1) is 11.9. The molecule has 8 heteroatoms. The van der Waals surface area contributed by atoms with E-state index in [-0.39, 0.29) is 24.7 Å². The number of likely N-dealkylation sites (N-methyl/N-ethyl adjacent to an activating group) is 2. The Balaban J connectivity index is 2.00. The summed E-state index contributed by atoms with van der Waals surface area (Å²) < 4.78 is 5.20. The number of rotatable bonds is 7. The van der Waals surface area contributed by atoms with Crippen molar-refractivity contribution in [2.75, 3.05) is 21.2 Å². The molecule has 3 amide bonds. The zero-order valence-electron chi connectivity index (χ0n) is 14.5. The van der Waals surface area contributed by atoms with E-state index in [0.717, 1.165) is 11.1 Å². The molecule has 1 aromatic carbocycles. The third-order valence-corrected chi connectivity index (χ3v) is 4.68. The van der Waals surface area contributed by atoms with E-state index in [1.54, 1.807) is 12.0 Å². The van der Waals surface area contributed by atoms with E-state index in [4.69, 9.17) is 16.3 Å². The van der Waals surface area contributed by atoms with Gasteiger partial charge < -0.3 is 19.9 Å². The quantitative estimate of drug-likeness (QED) is 0.734. The van der Waals surface area contributed by atoms with Crippen molar-refractivity contribution in [3.8, 4) is 5.75 Å². The largest absolute Gasteiger partial charge is 0.495 e. The molecule has 0 spiro atoms. The Hall–Kier alpha value is -2.28. The van der Waals surface area contributed by atoms with E-state index in [1.807, 2.05) is 12.1 Å². The summed E-state index contributed by atoms with van der Waals surface area (Å²) in [5, 5.41) is 3.03. The first-order valence-electron chi connectivity index (χ1n) is 7.93. The van der Waals surface area contributed by atoms with Crippen LogP contribution < -0.4 is 10.1 Å². The number of hydrogen-bond acceptors (Lipinski definition) is 4. The highest BCUT2D eigenvalue weighted by molar-refractivity contribution is 6.32. The first-order valence-corrected chi connectivity index (χ1v) is 8.31. The van der Waals surface area contributed by atoms with Crippen molar-refractivity contribution >= 4 is 29.8 Å². The average Bonchev–Trinajstić information content (AvgIpc) is 3.02. The van der Waals surface area contributed by atoms with Gasteiger partial charge in [0.2, 0.25) is 18.2 Å². The standard InChI is InChI=1S/C17H22ClN3O4/c1-19-17(24)14(20(2)10-22)4-5-16(23)21-8-11-6-13(18)15(25-3)7-12(11)9-21/h6-7,10,14H,4-5,8-9H2,1-3H3,(H,19,24). The molecule has 0 aromatic heterocycles. The fraction of sp³-hybridized carbons (Fsp3) is 0.471. The molecule has 7 nitrogen and oxygen atoms in total. The van der Waals surface area contributed by atoms with Crippen LogP contribution in [0.2, 0.25) is 5.02 Å². The van der Waals surface area contributed by atoms with Crippen LogP contribution in [0, 0.1) is 0 Å². The van der Waals surface area contributed by atoms with Crippen molar-refractivity contribution in [1.29, 1.82) is 0 Å². The average molecular weight is 368 g/mol. The molecule has 136 valence electrons. The van der Waals surface area contributed by atoms with Gasteiger partial charge in [0.15, 0.2) is 0 Å². The lowest BCUT2D eigenvalue weighted by Gasteiger charge is -2.23. The summed E-state index contributed by atoms with van der Waals surface area (Å²) >= 11 is 6.13. The van der Waals surface area contributed by atoms with Crippen LogP contribution in [0.4, 0.5) is 0 Å². The molecule has 1 aromatic rings. The summed E-state index contributed by atoms with van der Waals surface area (Å²) in [6.45, 7) is 0.960. The van der Waals surface area contributed by atoms with E-state index in [1.165, 1.54) is 19.0 Å². The summed E-state index contributed by atoms with van der Waals surface area (Å²) in [6, 6.07) is 3.00. The number of hydrogen-bond donors (Lipinski definition) is 1. The fourth-order valence-corrected chi connectivity index (χ4v) is 3.17. The maximum absolute atomic E-state index is 12.5. The maximum atomic E-state index is 12.5. The fourth-order valence-electron chi connectivity index (χ4n) is 2.91. The van der Waals surface area contributed by atoms with Crippen LogP contribution in [0.3, 0.4) is 0 Å². The Morgan fingerprint density at radius 3 is 2.60 bits per heavy atom. The molecular weight excluding hydrogens is 346 g/mol. The van der Waals surface area contributed by atoms with Gasteiger partial charge in [0.05, 0.1) is 12.1 Å². The van der Waals surface area contributed by atoms with Crippen LogP contribution in [0.15, 0.2) is 12.1 Å². The highest BCUT2D eigenvalue weighted by Gasteiger charge is 2.27. The van der Waals surface area contributed by atoms with Crippen LogP contribution in [-0.2, 0) is 27.5 Å². The van der Waals surface area contributed by atoms with Crippen LogP contribution in [-0.4, -0.2) is 55.3 Å². The number of fused-ring (bicyclic) bond motifs is 1. The molecule has 0 saturated carbocycles. The number of halogens is 1. The number of nitrogens with one attached hydrogen (secondary N) is 1. The molecule has 0 bridgehead atoms. The van der Waals surface area contributed by atoms with Crippen molar-refractivity contribution in [1.82, 2.24) is 15.1 Å². The lowest BCUT2D eigenvalue weighted by molar-refractivity contribution is -0.135. The second kappa shape index (κ2) is 8.20. The smallest absolute Gasteiger partial charge is 0.242 e. The molecule has 0 saturated heterocycles. The van der Waals surface area contributed by atoms with Gasteiger partial charge in [-0.25, -0.2) is 0 Å². The van der Waals surface area contributed by atoms with Gasteiger partial charge in [0.25, 0.3) is 0 Å². The summed E-state index contributed by atoms with van der Waals surface area (Å²) in [5.41, 5.74) is 1.99. The molecule has 2 rings (SSSR count). The number of methoxy groups -OCH3 is 1. The van der Waals surface area contributed by atoms with Crippen molar-refractivity contribution in [2.45, 2.75) is 32.0 Å². The zero-order chi connectivity index (χ0) is 18.6. The molecule has 1 N–H and O–H groups in total. The van der Waals surface area contributed by atoms with Gasteiger partial charge >= 0.3 is 0 Å². The van der Waals surface area contributed by atoms with E-state index in [9.17, 15) is 14.4 Å². The van der Waals surface area contributed by atoms with Gasteiger partial charge in [-0.2, -0.15) is 0 Å². The Morgan fingerprint density at radius 2 is 2.04 bits per heavy atom. The van der Waals surface area contributed by atoms with Gasteiger partial charge in [-0.1, -0.05) is 11.6 Å². The minimum absolute atomic E-state index is 0.0699. The van der Waals surface area contributed by atoms with E-state index < -0.39 is 6.04 Å². The van der Waals surface area contributed by atoms with E-state index in [0.29, 0.717) is 30.3 Å². The highest BCUT2D eigenvalue weighted by Crippen LogP contribution is 2.33. The summed E-state index contributed by atoms with van der Waals surface area (Å²) in [6.07, 6.45) is 1.03. The summed E-state index contributed by atoms with van der Waals surface area (Å²) in [4.78, 5) is 38.3. The normalized spacial score (nSPS) is 13.8. The number of benzene rings is 1. The van der Waals surface area contributed by atoms with Crippen molar-refractivity contribution < 1.29 is 19.1 Å². The predicted molar refractivity (Wildman–Crippen MR) is 93.2 cm³/mol. The molecule has 0 fully saturated rings. The van der Waals surface area contributed by atoms with Crippen molar-refractivity contribution in [3.63, 3.8) is 0 Å². The molecule has 1 atom stereocenters. The van der Waals surface area contributed by atoms with Gasteiger partial charge in [0.1, 0.15) is 11.8 Å². The van der Waals surface area contributed by atoms with Crippen molar-refractivity contribution in [3.05, 3.63) is 28.3 Å². The molecule has 25 heavy (non-hydrogen) atoms. The summed E-state index contributed by atoms with van der Waals surface area (Å²) in [5.74, 6) is 0.227. The Bertz CT molecular complexity index is 680. The van der Waals surface area contributed by atoms with E-state index in [2.05, 4.69) is 5.32 Å². The van der Waals surface area contributed by atoms with Crippen LogP contribution in [0.5, 0.6) is 5.75 Å². The van der Waals surface area contributed by atoms with Crippen molar-refractivity contribution in [2.24, 2.45) is 0 Å². The van der Waals surface area contributed by atoms with Gasteiger partial charge in [-0.3, -0.25) is 14.4 Å². The second-order valence-electron chi connectivity index (χ2n) is 5.94. The minimum Gasteiger partial charge on any atom is -0.495 e. The minimum atomic E-state index is -0.661. The SMILES string of the molecule is CNC(=O)C(CCC(=O)N1Cc2cc(Cl)c(OC)cc2C1)N(C)C=O. The third kappa shape index (κ3) is 4.22. The molecule has 1 aliphatic heterocycles. The highest BCUT2D eigenvalue weighted by atomic mass is 35.5. The molecular formula is C17H22ClN3O4. The van der Waals surface area contributed by atoms with Gasteiger partial charge in [-0.05, 0) is 29.7 Å². The van der Waals surface area contributed by atoms with Crippen LogP contribution in [0.1, 0.15) is 24.0 Å². The Kier molecular flexibility index (Phi) is 6.25. The first kappa shape index (κ1) is 19.1. The molecule has 1 aliphatic rings. The van der Waals surface area contributed by atoms with Crippen LogP contribution >= 0.6 is 11.6 Å². The Morgan fingerprint density at radius 1 is 1.40 bits per heavy atom. The molecule has 0 aliphatic carbocycles. The third-order valence-electron chi connectivity index (χ3n) is 4.39. The summed E-state index contributed by atoms with van der Waals surface area (Å²) in [7, 11) is 4.58. The lowest BCUT2D eigenvalue weighted by Crippen LogP contribution is -2.44. The number of carbonyl (C=O) groups is 3. The lowest BCUT2D eigenvalue weighted by atomic mass is 10.1. The number of carbonyl (C=O) groups excluding carboxylic acids is 3. The number of nitrogens with zero attached hydrogens (tertiary/aromatic N) is 2. The molecule has 1 heterocycles. The maximum Gasteiger partial charge on any atom is 0.242 e. The molecule has 0 radical (unpaired) electrons. The van der Waals surface area contributed by atoms with Gasteiger partial charge in [0, 0.05) is 33.6 Å². The molecule has 1 unspecified atom stereocenters. The van der Waals surface area contributed by atoms with Gasteiger partial charge in [-0.15, -0.1) is 0 Å².